The Morgan fingerprint density at radius 1 is 1.00 bits per heavy atom. The smallest absolute Gasteiger partial charge is 0.418 e. The minimum Gasteiger partial charge on any atom is -0.418 e. The lowest BCUT2D eigenvalue weighted by Crippen LogP contribution is -2.12. The Morgan fingerprint density at radius 2 is 1.33 bits per heavy atom. The fraction of sp³-hybridized carbons (Fsp3) is 0.571. The number of hydrogen-bond donors (Lipinski definition) is 0. The van der Waals surface area contributed by atoms with Crippen LogP contribution in [0.2, 0.25) is 0 Å². The molecule has 1 rings (SSSR count). The third-order valence-corrected chi connectivity index (χ3v) is 1.36. The molecule has 0 atom stereocenters. The van der Waals surface area contributed by atoms with Gasteiger partial charge in [-0.1, -0.05) is 20.8 Å². The second-order valence-electron chi connectivity index (χ2n) is 3.78. The quantitative estimate of drug-likeness (QED) is 0.501. The van der Waals surface area contributed by atoms with E-state index in [4.69, 9.17) is 0 Å². The summed E-state index contributed by atoms with van der Waals surface area (Å²) in [6, 6.07) is 0. The molecule has 0 fully saturated rings. The molecule has 0 radical (unpaired) electrons. The molecule has 8 heteroatoms. The van der Waals surface area contributed by atoms with E-state index in [0.717, 1.165) is 5.56 Å². The van der Waals surface area contributed by atoms with Gasteiger partial charge in [-0.15, -0.1) is 10.2 Å². The summed E-state index contributed by atoms with van der Waals surface area (Å²) in [5.74, 6) is 0. The first-order chi connectivity index (χ1) is 6.61. The molecule has 0 saturated carbocycles. The van der Waals surface area contributed by atoms with Gasteiger partial charge < -0.3 is 17.3 Å². The van der Waals surface area contributed by atoms with Crippen molar-refractivity contribution in [1.82, 2.24) is 15.4 Å². The van der Waals surface area contributed by atoms with E-state index in [1.165, 1.54) is 0 Å². The van der Waals surface area contributed by atoms with Crippen LogP contribution in [0.3, 0.4) is 0 Å². The maximum Gasteiger partial charge on any atom is 0.673 e. The largest absolute Gasteiger partial charge is 0.673 e. The van der Waals surface area contributed by atoms with Crippen molar-refractivity contribution in [2.24, 2.45) is 0 Å². The topological polar surface area (TPSA) is 38.7 Å². The summed E-state index contributed by atoms with van der Waals surface area (Å²) in [6.07, 6.45) is 3.49. The zero-order valence-corrected chi connectivity index (χ0v) is 8.59. The van der Waals surface area contributed by atoms with Gasteiger partial charge in [0.15, 0.2) is 0 Å². The van der Waals surface area contributed by atoms with Crippen molar-refractivity contribution in [2.75, 3.05) is 0 Å². The van der Waals surface area contributed by atoms with E-state index < -0.39 is 7.25 Å². The van der Waals surface area contributed by atoms with Gasteiger partial charge in [-0.3, -0.25) is 0 Å². The lowest BCUT2D eigenvalue weighted by molar-refractivity contribution is 0.368. The van der Waals surface area contributed by atoms with Crippen LogP contribution in [0, 0.1) is 0 Å². The summed E-state index contributed by atoms with van der Waals surface area (Å²) >= 11 is 0. The van der Waals surface area contributed by atoms with Crippen LogP contribution in [0.25, 0.3) is 0 Å². The van der Waals surface area contributed by atoms with Crippen LogP contribution in [0.1, 0.15) is 26.3 Å². The van der Waals surface area contributed by atoms with Crippen molar-refractivity contribution >= 4 is 7.25 Å². The first kappa shape index (κ1) is 13.8. The van der Waals surface area contributed by atoms with Gasteiger partial charge in [-0.2, -0.15) is 0 Å². The average Bonchev–Trinajstić information content (AvgIpc) is 2.01. The van der Waals surface area contributed by atoms with E-state index in [1.807, 2.05) is 0 Å². The molecule has 0 N–H and O–H groups in total. The molecule has 86 valence electrons. The van der Waals surface area contributed by atoms with Crippen LogP contribution in [-0.4, -0.2) is 22.7 Å². The van der Waals surface area contributed by atoms with Crippen LogP contribution in [-0.2, 0) is 5.41 Å². The van der Waals surface area contributed by atoms with Crippen LogP contribution >= 0.6 is 0 Å². The van der Waals surface area contributed by atoms with Gasteiger partial charge in [-0.05, 0) is 16.2 Å². The molecule has 0 aliphatic carbocycles. The molecule has 0 amide bonds. The Bertz CT molecular complexity index is 277. The molecular weight excluding hydrogens is 213 g/mol. The molecule has 1 aromatic rings. The SMILES string of the molecule is CC(C)(C)c1cnnnc1.F[B-](F)(F)F. The normalized spacial score (nSPS) is 11.7. The molecule has 3 nitrogen and oxygen atoms in total. The highest BCUT2D eigenvalue weighted by Gasteiger charge is 2.20. The zero-order valence-electron chi connectivity index (χ0n) is 8.59. The lowest BCUT2D eigenvalue weighted by Gasteiger charge is -2.16. The Balaban J connectivity index is 0.000000336. The van der Waals surface area contributed by atoms with Gasteiger partial charge in [0.05, 0.1) is 12.4 Å². The van der Waals surface area contributed by atoms with E-state index in [9.17, 15) is 17.3 Å². The van der Waals surface area contributed by atoms with Crippen LogP contribution in [0.15, 0.2) is 12.4 Å². The zero-order chi connectivity index (χ0) is 12.1. The second kappa shape index (κ2) is 5.04. The van der Waals surface area contributed by atoms with Crippen molar-refractivity contribution in [2.45, 2.75) is 26.2 Å². The number of nitrogens with zero attached hydrogens (tertiary/aromatic N) is 3. The minimum atomic E-state index is -6.00. The maximum absolute atomic E-state index is 9.75. The van der Waals surface area contributed by atoms with E-state index in [0.29, 0.717) is 0 Å². The van der Waals surface area contributed by atoms with Crippen molar-refractivity contribution in [3.05, 3.63) is 18.0 Å². The highest BCUT2D eigenvalue weighted by molar-refractivity contribution is 6.50. The third kappa shape index (κ3) is 9.11. The number of hydrogen-bond acceptors (Lipinski definition) is 3. The molecular formula is C7H11BF4N3-. The Kier molecular flexibility index (Phi) is 4.63. The van der Waals surface area contributed by atoms with Gasteiger partial charge in [0.25, 0.3) is 0 Å². The predicted molar refractivity (Wildman–Crippen MR) is 48.7 cm³/mol. The van der Waals surface area contributed by atoms with E-state index in [1.54, 1.807) is 12.4 Å². The summed E-state index contributed by atoms with van der Waals surface area (Å²) in [6.45, 7) is 6.35. The average molecular weight is 224 g/mol. The predicted octanol–water partition coefficient (Wildman–Crippen LogP) is 2.47. The lowest BCUT2D eigenvalue weighted by atomic mass is 9.90. The number of rotatable bonds is 0. The molecule has 0 bridgehead atoms. The molecule has 15 heavy (non-hydrogen) atoms. The standard InChI is InChI=1S/C7H11N3.BF4/c1-7(2,3)6-4-8-10-9-5-6;2-1(3,4)5/h4-5H,1-3H3;/q;-1. The summed E-state index contributed by atoms with van der Waals surface area (Å²) in [4.78, 5) is 0. The van der Waals surface area contributed by atoms with Crippen molar-refractivity contribution < 1.29 is 17.3 Å². The van der Waals surface area contributed by atoms with Gasteiger partial charge in [0, 0.05) is 0 Å². The molecule has 0 aliphatic heterocycles. The molecule has 1 aromatic heterocycles. The highest BCUT2D eigenvalue weighted by atomic mass is 19.5. The first-order valence-electron chi connectivity index (χ1n) is 4.12. The summed E-state index contributed by atoms with van der Waals surface area (Å²) in [7, 11) is -6.00. The molecule has 0 aromatic carbocycles. The van der Waals surface area contributed by atoms with Crippen molar-refractivity contribution in [1.29, 1.82) is 0 Å². The maximum atomic E-state index is 9.75. The fourth-order valence-corrected chi connectivity index (χ4v) is 0.626. The highest BCUT2D eigenvalue weighted by Crippen LogP contribution is 2.18. The Morgan fingerprint density at radius 3 is 1.53 bits per heavy atom. The Hall–Kier alpha value is -1.21. The van der Waals surface area contributed by atoms with Crippen LogP contribution in [0.4, 0.5) is 17.3 Å². The summed E-state index contributed by atoms with van der Waals surface area (Å²) in [5, 5.41) is 10.8. The molecule has 0 saturated heterocycles. The first-order valence-corrected chi connectivity index (χ1v) is 4.12. The minimum absolute atomic E-state index is 0.128. The molecule has 1 heterocycles. The summed E-state index contributed by atoms with van der Waals surface area (Å²) in [5.41, 5.74) is 1.24. The van der Waals surface area contributed by atoms with Gasteiger partial charge in [-0.25, -0.2) is 0 Å². The summed E-state index contributed by atoms with van der Waals surface area (Å²) < 4.78 is 39.0. The molecule has 0 spiro atoms. The number of halogens is 4. The van der Waals surface area contributed by atoms with Gasteiger partial charge >= 0.3 is 7.25 Å². The monoisotopic (exact) mass is 224 g/mol. The Labute approximate surface area is 85.0 Å². The second-order valence-corrected chi connectivity index (χ2v) is 3.78. The van der Waals surface area contributed by atoms with E-state index in [2.05, 4.69) is 36.2 Å². The number of aromatic nitrogens is 3. The van der Waals surface area contributed by atoms with Crippen LogP contribution in [0.5, 0.6) is 0 Å². The van der Waals surface area contributed by atoms with Gasteiger partial charge in [0.1, 0.15) is 0 Å². The molecule has 0 aliphatic rings. The van der Waals surface area contributed by atoms with Crippen molar-refractivity contribution in [3.63, 3.8) is 0 Å². The fourth-order valence-electron chi connectivity index (χ4n) is 0.626. The molecule has 0 unspecified atom stereocenters. The third-order valence-electron chi connectivity index (χ3n) is 1.36. The van der Waals surface area contributed by atoms with Gasteiger partial charge in [0.2, 0.25) is 0 Å². The van der Waals surface area contributed by atoms with Crippen molar-refractivity contribution in [3.8, 4) is 0 Å². The van der Waals surface area contributed by atoms with Crippen LogP contribution < -0.4 is 0 Å². The van der Waals surface area contributed by atoms with E-state index in [-0.39, 0.29) is 5.41 Å². The van der Waals surface area contributed by atoms with E-state index >= 15 is 0 Å².